The van der Waals surface area contributed by atoms with Crippen molar-refractivity contribution >= 4 is 29.6 Å². The Kier molecular flexibility index (Phi) is 23.1. The van der Waals surface area contributed by atoms with E-state index in [1.807, 2.05) is 6.92 Å². The maximum atomic E-state index is 3.36. The normalized spacial score (nSPS) is 9.36. The van der Waals surface area contributed by atoms with E-state index < -0.39 is 0 Å². The van der Waals surface area contributed by atoms with Crippen LogP contribution in [-0.2, 0) is 6.42 Å². The number of benzene rings is 1. The van der Waals surface area contributed by atoms with E-state index in [9.17, 15) is 0 Å². The summed E-state index contributed by atoms with van der Waals surface area (Å²) in [7, 11) is 0. The monoisotopic (exact) mass is 311 g/mol. The van der Waals surface area contributed by atoms with Crippen molar-refractivity contribution in [3.05, 3.63) is 48.6 Å². The zero-order valence-corrected chi connectivity index (χ0v) is 17.4. The minimum absolute atomic E-state index is 0. The molecule has 0 saturated carbocycles. The molecule has 0 atom stereocenters. The molecule has 0 aromatic heterocycles. The van der Waals surface area contributed by atoms with Crippen LogP contribution in [0.1, 0.15) is 83.6 Å². The van der Waals surface area contributed by atoms with E-state index in [1.165, 1.54) is 76.2 Å². The number of allylic oxidation sites excluding steroid dienone is 1. The molecule has 0 spiro atoms. The summed E-state index contributed by atoms with van der Waals surface area (Å²) in [6.45, 7) is 7.53. The molecule has 121 valence electrons. The number of hydrogen-bond acceptors (Lipinski definition) is 0. The smallest absolute Gasteiger partial charge is 0 e. The maximum Gasteiger partial charge on any atom is 0 e. The van der Waals surface area contributed by atoms with Gasteiger partial charge in [-0.2, -0.15) is 0 Å². The van der Waals surface area contributed by atoms with Crippen LogP contribution in [0.4, 0.5) is 0 Å². The van der Waals surface area contributed by atoms with Crippen molar-refractivity contribution in [2.24, 2.45) is 0 Å². The Balaban J connectivity index is 0. The summed E-state index contributed by atoms with van der Waals surface area (Å²) in [5.41, 5.74) is 1.50. The van der Waals surface area contributed by atoms with Crippen molar-refractivity contribution in [1.82, 2.24) is 0 Å². The van der Waals surface area contributed by atoms with Crippen molar-refractivity contribution in [3.8, 4) is 0 Å². The van der Waals surface area contributed by atoms with Crippen LogP contribution in [0, 0.1) is 0 Å². The van der Waals surface area contributed by atoms with E-state index in [-0.39, 0.29) is 29.6 Å². The van der Waals surface area contributed by atoms with Crippen LogP contribution in [0.5, 0.6) is 0 Å². The molecule has 0 bridgehead atoms. The fourth-order valence-electron chi connectivity index (χ4n) is 2.46. The van der Waals surface area contributed by atoms with Gasteiger partial charge in [0.1, 0.15) is 0 Å². The summed E-state index contributed by atoms with van der Waals surface area (Å²) in [6, 6.07) is 10.9. The van der Waals surface area contributed by atoms with Crippen LogP contribution < -0.4 is 0 Å². The Morgan fingerprint density at radius 3 is 1.64 bits per heavy atom. The van der Waals surface area contributed by atoms with Gasteiger partial charge in [0.25, 0.3) is 0 Å². The average molecular weight is 312 g/mol. The Labute approximate surface area is 162 Å². The van der Waals surface area contributed by atoms with Crippen LogP contribution in [0.2, 0.25) is 0 Å². The van der Waals surface area contributed by atoms with E-state index in [2.05, 4.69) is 43.8 Å². The van der Waals surface area contributed by atoms with Crippen molar-refractivity contribution < 1.29 is 0 Å². The SMILES string of the molecule is C=CC.CCCCCCCCCCCCc1ccccc1.[Na]. The number of hydrogen-bond donors (Lipinski definition) is 0. The van der Waals surface area contributed by atoms with Gasteiger partial charge in [0.2, 0.25) is 0 Å². The van der Waals surface area contributed by atoms with Gasteiger partial charge in [-0.05, 0) is 25.3 Å². The van der Waals surface area contributed by atoms with Crippen molar-refractivity contribution in [2.45, 2.75) is 84.5 Å². The Morgan fingerprint density at radius 1 is 0.773 bits per heavy atom. The molecular weight excluding hydrogens is 275 g/mol. The molecule has 0 aliphatic rings. The van der Waals surface area contributed by atoms with Gasteiger partial charge in [0, 0.05) is 29.6 Å². The second-order valence-electron chi connectivity index (χ2n) is 5.83. The molecule has 0 fully saturated rings. The minimum atomic E-state index is 0. The van der Waals surface area contributed by atoms with Crippen molar-refractivity contribution in [3.63, 3.8) is 0 Å². The molecule has 1 aromatic rings. The third-order valence-electron chi connectivity index (χ3n) is 3.66. The van der Waals surface area contributed by atoms with Gasteiger partial charge in [-0.1, -0.05) is 101 Å². The average Bonchev–Trinajstić information content (AvgIpc) is 2.51. The molecule has 0 amide bonds. The molecule has 1 radical (unpaired) electrons. The summed E-state index contributed by atoms with van der Waals surface area (Å²) in [5.74, 6) is 0. The molecule has 0 nitrogen and oxygen atoms in total. The zero-order chi connectivity index (χ0) is 15.6. The Hall–Kier alpha value is -0.0400. The van der Waals surface area contributed by atoms with Gasteiger partial charge in [-0.25, -0.2) is 0 Å². The molecule has 0 saturated heterocycles. The molecule has 0 heterocycles. The summed E-state index contributed by atoms with van der Waals surface area (Å²) in [4.78, 5) is 0. The first-order valence-electron chi connectivity index (χ1n) is 8.96. The molecule has 0 aliphatic heterocycles. The zero-order valence-electron chi connectivity index (χ0n) is 15.4. The van der Waals surface area contributed by atoms with E-state index in [0.717, 1.165) is 0 Å². The minimum Gasteiger partial charge on any atom is -0.103 e. The number of aryl methyl sites for hydroxylation is 1. The molecule has 0 aliphatic carbocycles. The molecule has 0 N–H and O–H groups in total. The quantitative estimate of drug-likeness (QED) is 0.235. The fourth-order valence-corrected chi connectivity index (χ4v) is 2.46. The summed E-state index contributed by atoms with van der Waals surface area (Å²) < 4.78 is 0. The van der Waals surface area contributed by atoms with Crippen molar-refractivity contribution in [2.75, 3.05) is 0 Å². The van der Waals surface area contributed by atoms with Gasteiger partial charge in [0.05, 0.1) is 0 Å². The van der Waals surface area contributed by atoms with E-state index in [1.54, 1.807) is 6.08 Å². The summed E-state index contributed by atoms with van der Waals surface area (Å²) >= 11 is 0. The van der Waals surface area contributed by atoms with E-state index in [0.29, 0.717) is 0 Å². The number of unbranched alkanes of at least 4 members (excludes halogenated alkanes) is 9. The first-order valence-corrected chi connectivity index (χ1v) is 8.96. The predicted molar refractivity (Wildman–Crippen MR) is 104 cm³/mol. The maximum absolute atomic E-state index is 3.36. The third kappa shape index (κ3) is 18.0. The van der Waals surface area contributed by atoms with Gasteiger partial charge < -0.3 is 0 Å². The van der Waals surface area contributed by atoms with Gasteiger partial charge in [-0.15, -0.1) is 6.58 Å². The second kappa shape index (κ2) is 21.0. The molecule has 1 aromatic carbocycles. The molecule has 1 rings (SSSR count). The van der Waals surface area contributed by atoms with Crippen LogP contribution in [-0.4, -0.2) is 29.6 Å². The number of rotatable bonds is 11. The molecule has 0 unspecified atom stereocenters. The van der Waals surface area contributed by atoms with Crippen LogP contribution in [0.15, 0.2) is 43.0 Å². The fraction of sp³-hybridized carbons (Fsp3) is 0.619. The molecule has 22 heavy (non-hydrogen) atoms. The second-order valence-corrected chi connectivity index (χ2v) is 5.83. The first-order chi connectivity index (χ1) is 10.3. The molecular formula is C21H36Na. The summed E-state index contributed by atoms with van der Waals surface area (Å²) in [5, 5.41) is 0. The van der Waals surface area contributed by atoms with Gasteiger partial charge in [0.15, 0.2) is 0 Å². The van der Waals surface area contributed by atoms with Crippen molar-refractivity contribution in [1.29, 1.82) is 0 Å². The van der Waals surface area contributed by atoms with Gasteiger partial charge >= 0.3 is 0 Å². The van der Waals surface area contributed by atoms with E-state index >= 15 is 0 Å². The van der Waals surface area contributed by atoms with Gasteiger partial charge in [-0.3, -0.25) is 0 Å². The van der Waals surface area contributed by atoms with Crippen LogP contribution >= 0.6 is 0 Å². The largest absolute Gasteiger partial charge is 0.103 e. The Bertz CT molecular complexity index is 305. The molecule has 1 heteroatoms. The van der Waals surface area contributed by atoms with Crippen LogP contribution in [0.25, 0.3) is 0 Å². The Morgan fingerprint density at radius 2 is 1.18 bits per heavy atom. The standard InChI is InChI=1S/C18H30.C3H6.Na/c1-2-3-4-5-6-7-8-9-10-12-15-18-16-13-11-14-17-18;1-3-2;/h11,13-14,16-17H,2-10,12,15H2,1H3;3H,1H2,2H3;. The third-order valence-corrected chi connectivity index (χ3v) is 3.66. The predicted octanol–water partition coefficient (Wildman–Crippen LogP) is 6.96. The first kappa shape index (κ1) is 24.2. The topological polar surface area (TPSA) is 0 Å². The van der Waals surface area contributed by atoms with Crippen LogP contribution in [0.3, 0.4) is 0 Å². The van der Waals surface area contributed by atoms with E-state index in [4.69, 9.17) is 0 Å². The summed E-state index contributed by atoms with van der Waals surface area (Å²) in [6.07, 6.45) is 17.3.